The molecular formula is C8H18N2O5S. The van der Waals surface area contributed by atoms with E-state index in [-0.39, 0.29) is 6.42 Å². The Balaban J connectivity index is 4.61. The standard InChI is InChI=1S/C8H18N2O5S/c1-8(2,3)10-16(14,15)9-6(4-5-11)7(12)13/h6,9-11H,4-5H2,1-3H3,(H,12,13)/t6-/m1/s1. The molecule has 0 aromatic carbocycles. The molecule has 0 rings (SSSR count). The summed E-state index contributed by atoms with van der Waals surface area (Å²) in [5, 5.41) is 17.3. The van der Waals surface area contributed by atoms with E-state index in [1.807, 2.05) is 4.72 Å². The largest absolute Gasteiger partial charge is 0.480 e. The van der Waals surface area contributed by atoms with E-state index in [1.165, 1.54) is 0 Å². The number of aliphatic hydroxyl groups is 1. The molecule has 1 atom stereocenters. The van der Waals surface area contributed by atoms with Crippen LogP contribution in [0.1, 0.15) is 27.2 Å². The maximum absolute atomic E-state index is 11.5. The number of nitrogens with one attached hydrogen (secondary N) is 2. The van der Waals surface area contributed by atoms with Gasteiger partial charge in [-0.2, -0.15) is 17.9 Å². The first-order valence-electron chi connectivity index (χ1n) is 4.72. The van der Waals surface area contributed by atoms with Crippen LogP contribution in [0.25, 0.3) is 0 Å². The van der Waals surface area contributed by atoms with Gasteiger partial charge in [-0.3, -0.25) is 4.79 Å². The fourth-order valence-electron chi connectivity index (χ4n) is 0.982. The van der Waals surface area contributed by atoms with Crippen molar-refractivity contribution in [2.45, 2.75) is 38.8 Å². The van der Waals surface area contributed by atoms with Crippen LogP contribution in [0.5, 0.6) is 0 Å². The first-order chi connectivity index (χ1) is 7.07. The van der Waals surface area contributed by atoms with Gasteiger partial charge in [0.25, 0.3) is 10.2 Å². The number of hydrogen-bond acceptors (Lipinski definition) is 4. The number of aliphatic hydroxyl groups excluding tert-OH is 1. The van der Waals surface area contributed by atoms with Gasteiger partial charge in [0.15, 0.2) is 0 Å². The number of carbonyl (C=O) groups is 1. The number of rotatable bonds is 6. The quantitative estimate of drug-likeness (QED) is 0.487. The zero-order valence-electron chi connectivity index (χ0n) is 9.52. The van der Waals surface area contributed by atoms with Crippen molar-refractivity contribution < 1.29 is 23.4 Å². The van der Waals surface area contributed by atoms with Crippen molar-refractivity contribution in [1.82, 2.24) is 9.44 Å². The van der Waals surface area contributed by atoms with E-state index in [0.717, 1.165) is 0 Å². The Kier molecular flexibility index (Phi) is 5.33. The molecule has 0 aromatic rings. The normalized spacial score (nSPS) is 14.8. The van der Waals surface area contributed by atoms with Gasteiger partial charge in [-0.25, -0.2) is 0 Å². The van der Waals surface area contributed by atoms with E-state index < -0.39 is 34.4 Å². The highest BCUT2D eigenvalue weighted by Gasteiger charge is 2.26. The van der Waals surface area contributed by atoms with Crippen LogP contribution in [0.4, 0.5) is 0 Å². The fraction of sp³-hybridized carbons (Fsp3) is 0.875. The lowest BCUT2D eigenvalue weighted by Crippen LogP contribution is -2.52. The molecule has 16 heavy (non-hydrogen) atoms. The highest BCUT2D eigenvalue weighted by molar-refractivity contribution is 7.87. The Labute approximate surface area is 95.0 Å². The summed E-state index contributed by atoms with van der Waals surface area (Å²) in [5.41, 5.74) is -0.700. The lowest BCUT2D eigenvalue weighted by molar-refractivity contribution is -0.139. The van der Waals surface area contributed by atoms with E-state index in [0.29, 0.717) is 0 Å². The Morgan fingerprint density at radius 1 is 1.38 bits per heavy atom. The highest BCUT2D eigenvalue weighted by atomic mass is 32.2. The van der Waals surface area contributed by atoms with Gasteiger partial charge in [0, 0.05) is 12.1 Å². The second-order valence-electron chi connectivity index (χ2n) is 4.38. The molecule has 0 radical (unpaired) electrons. The number of hydrogen-bond donors (Lipinski definition) is 4. The SMILES string of the molecule is CC(C)(C)NS(=O)(=O)N[C@H](CCO)C(=O)O. The molecule has 0 bridgehead atoms. The summed E-state index contributed by atoms with van der Waals surface area (Å²) in [5.74, 6) is -1.33. The smallest absolute Gasteiger partial charge is 0.321 e. The molecule has 0 aliphatic heterocycles. The Morgan fingerprint density at radius 3 is 2.19 bits per heavy atom. The minimum absolute atomic E-state index is 0.180. The van der Waals surface area contributed by atoms with Crippen molar-refractivity contribution in [2.24, 2.45) is 0 Å². The van der Waals surface area contributed by atoms with Crippen LogP contribution in [0.15, 0.2) is 0 Å². The summed E-state index contributed by atoms with van der Waals surface area (Å²) in [6.45, 7) is 4.49. The summed E-state index contributed by atoms with van der Waals surface area (Å²) < 4.78 is 27.1. The first-order valence-corrected chi connectivity index (χ1v) is 6.20. The van der Waals surface area contributed by atoms with Crippen LogP contribution in [0.3, 0.4) is 0 Å². The topological polar surface area (TPSA) is 116 Å². The minimum atomic E-state index is -3.90. The van der Waals surface area contributed by atoms with Gasteiger partial charge in [-0.15, -0.1) is 0 Å². The molecular weight excluding hydrogens is 236 g/mol. The van der Waals surface area contributed by atoms with Crippen molar-refractivity contribution in [3.63, 3.8) is 0 Å². The monoisotopic (exact) mass is 254 g/mol. The maximum Gasteiger partial charge on any atom is 0.321 e. The second kappa shape index (κ2) is 5.58. The molecule has 4 N–H and O–H groups in total. The maximum atomic E-state index is 11.5. The Hall–Kier alpha value is -0.700. The fourth-order valence-corrected chi connectivity index (χ4v) is 2.44. The molecule has 0 unspecified atom stereocenters. The van der Waals surface area contributed by atoms with Crippen LogP contribution in [-0.4, -0.2) is 42.8 Å². The molecule has 0 heterocycles. The molecule has 0 spiro atoms. The van der Waals surface area contributed by atoms with E-state index in [4.69, 9.17) is 10.2 Å². The molecule has 8 heteroatoms. The third-order valence-electron chi connectivity index (χ3n) is 1.45. The van der Waals surface area contributed by atoms with Gasteiger partial charge < -0.3 is 10.2 Å². The number of carboxylic acid groups (broad SMARTS) is 1. The van der Waals surface area contributed by atoms with Gasteiger partial charge in [0.05, 0.1) is 0 Å². The van der Waals surface area contributed by atoms with Gasteiger partial charge in [0.2, 0.25) is 0 Å². The average molecular weight is 254 g/mol. The number of aliphatic carboxylic acids is 1. The van der Waals surface area contributed by atoms with Crippen LogP contribution in [0, 0.1) is 0 Å². The van der Waals surface area contributed by atoms with Gasteiger partial charge in [-0.1, -0.05) is 0 Å². The van der Waals surface area contributed by atoms with E-state index in [9.17, 15) is 13.2 Å². The third kappa shape index (κ3) is 6.72. The summed E-state index contributed by atoms with van der Waals surface area (Å²) in [4.78, 5) is 10.7. The van der Waals surface area contributed by atoms with Crippen molar-refractivity contribution in [1.29, 1.82) is 0 Å². The Bertz CT molecular complexity index is 333. The van der Waals surface area contributed by atoms with Crippen LogP contribution < -0.4 is 9.44 Å². The highest BCUT2D eigenvalue weighted by Crippen LogP contribution is 2.02. The predicted octanol–water partition coefficient (Wildman–Crippen LogP) is -0.955. The van der Waals surface area contributed by atoms with E-state index in [1.54, 1.807) is 20.8 Å². The Morgan fingerprint density at radius 2 is 1.88 bits per heavy atom. The van der Waals surface area contributed by atoms with Gasteiger partial charge in [0.1, 0.15) is 6.04 Å². The molecule has 7 nitrogen and oxygen atoms in total. The average Bonchev–Trinajstić information content (AvgIpc) is 1.97. The zero-order chi connectivity index (χ0) is 13.0. The van der Waals surface area contributed by atoms with E-state index in [2.05, 4.69) is 4.72 Å². The van der Waals surface area contributed by atoms with Crippen molar-refractivity contribution in [3.05, 3.63) is 0 Å². The third-order valence-corrected chi connectivity index (χ3v) is 2.93. The number of carboxylic acids is 1. The van der Waals surface area contributed by atoms with E-state index >= 15 is 0 Å². The second-order valence-corrected chi connectivity index (χ2v) is 5.82. The summed E-state index contributed by atoms with van der Waals surface area (Å²) in [6, 6.07) is -1.33. The van der Waals surface area contributed by atoms with Crippen molar-refractivity contribution >= 4 is 16.2 Å². The molecule has 0 fully saturated rings. The first kappa shape index (κ1) is 15.3. The zero-order valence-corrected chi connectivity index (χ0v) is 10.3. The summed E-state index contributed by atoms with van der Waals surface area (Å²) in [6.07, 6.45) is -0.180. The predicted molar refractivity (Wildman–Crippen MR) is 58.1 cm³/mol. The van der Waals surface area contributed by atoms with Crippen molar-refractivity contribution in [2.75, 3.05) is 6.61 Å². The minimum Gasteiger partial charge on any atom is -0.480 e. The van der Waals surface area contributed by atoms with Crippen LogP contribution in [0.2, 0.25) is 0 Å². The lowest BCUT2D eigenvalue weighted by Gasteiger charge is -2.22. The van der Waals surface area contributed by atoms with Crippen molar-refractivity contribution in [3.8, 4) is 0 Å². The summed E-state index contributed by atoms with van der Waals surface area (Å²) in [7, 11) is -3.90. The van der Waals surface area contributed by atoms with Crippen LogP contribution in [-0.2, 0) is 15.0 Å². The molecule has 96 valence electrons. The molecule has 0 amide bonds. The summed E-state index contributed by atoms with van der Waals surface area (Å²) >= 11 is 0. The van der Waals surface area contributed by atoms with Gasteiger partial charge in [-0.05, 0) is 27.2 Å². The molecule has 0 aromatic heterocycles. The molecule has 0 aliphatic rings. The van der Waals surface area contributed by atoms with Gasteiger partial charge >= 0.3 is 5.97 Å². The molecule has 0 aliphatic carbocycles. The molecule has 0 saturated carbocycles. The van der Waals surface area contributed by atoms with Crippen LogP contribution >= 0.6 is 0 Å². The lowest BCUT2D eigenvalue weighted by atomic mass is 10.1. The molecule has 0 saturated heterocycles.